The van der Waals surface area contributed by atoms with Crippen LogP contribution in [0.4, 0.5) is 26.9 Å². The first kappa shape index (κ1) is 31.7. The Kier molecular flexibility index (Phi) is 10.5. The Morgan fingerprint density at radius 2 is 1.71 bits per heavy atom. The Morgan fingerprint density at radius 3 is 2.42 bits per heavy atom. The lowest BCUT2D eigenvalue weighted by molar-refractivity contribution is 0.253. The van der Waals surface area contributed by atoms with Crippen LogP contribution in [0.5, 0.6) is 5.75 Å². The number of nitrogens with one attached hydrogen (secondary N) is 4. The molecule has 0 aliphatic rings. The fraction of sp³-hybridized carbons (Fsp3) is 0.242. The molecule has 234 valence electrons. The van der Waals surface area contributed by atoms with E-state index in [4.69, 9.17) is 11.2 Å². The molecule has 0 aliphatic carbocycles. The molecule has 0 atom stereocenters. The zero-order valence-corrected chi connectivity index (χ0v) is 28.0. The highest BCUT2D eigenvalue weighted by molar-refractivity contribution is 14.1. The predicted molar refractivity (Wildman–Crippen MR) is 188 cm³/mol. The van der Waals surface area contributed by atoms with Crippen LogP contribution in [0.3, 0.4) is 0 Å². The summed E-state index contributed by atoms with van der Waals surface area (Å²) in [6.07, 6.45) is 3.27. The second-order valence-electron chi connectivity index (χ2n) is 11.0. The van der Waals surface area contributed by atoms with Crippen molar-refractivity contribution in [3.8, 4) is 11.4 Å². The van der Waals surface area contributed by atoms with E-state index in [1.807, 2.05) is 65.9 Å². The Balaban J connectivity index is 0.00000154. The minimum atomic E-state index is -0.416. The van der Waals surface area contributed by atoms with Gasteiger partial charge in [-0.3, -0.25) is 15.6 Å². The van der Waals surface area contributed by atoms with Gasteiger partial charge in [-0.25, -0.2) is 19.3 Å². The molecule has 0 bridgehead atoms. The molecule has 11 nitrogen and oxygen atoms in total. The molecular formula is C33H37IN8O3. The van der Waals surface area contributed by atoms with Crippen molar-refractivity contribution >= 4 is 62.9 Å². The number of fused-ring (bicyclic) bond motifs is 1. The number of amides is 4. The van der Waals surface area contributed by atoms with E-state index in [0.29, 0.717) is 38.9 Å². The van der Waals surface area contributed by atoms with Gasteiger partial charge in [-0.15, -0.1) is 0 Å². The Hall–Kier alpha value is -4.72. The second-order valence-corrected chi connectivity index (χ2v) is 11.0. The number of aromatic nitrogens is 4. The van der Waals surface area contributed by atoms with E-state index in [2.05, 4.69) is 52.0 Å². The number of benzene rings is 2. The lowest BCUT2D eigenvalue weighted by atomic mass is 9.92. The lowest BCUT2D eigenvalue weighted by Crippen LogP contribution is -2.25. The molecule has 0 saturated heterocycles. The third-order valence-electron chi connectivity index (χ3n) is 6.67. The summed E-state index contributed by atoms with van der Waals surface area (Å²) in [6.45, 7) is 8.49. The van der Waals surface area contributed by atoms with Crippen LogP contribution in [0.2, 0.25) is 0 Å². The SMILES string of the molecule is CNC(=O)Nc1cc(COc2ccc(NC(=O)Nc3cc(C(C)(C)C)nn3-c3ccc(C)cc3)c3cccnc23)ccn1.[2H]CI. The van der Waals surface area contributed by atoms with Crippen LogP contribution in [0.1, 0.15) is 39.0 Å². The topological polar surface area (TPSA) is 135 Å². The van der Waals surface area contributed by atoms with Gasteiger partial charge in [-0.2, -0.15) is 5.10 Å². The maximum Gasteiger partial charge on any atom is 0.324 e. The molecule has 4 amide bonds. The molecule has 3 heterocycles. The van der Waals surface area contributed by atoms with E-state index < -0.39 is 6.03 Å². The molecule has 0 radical (unpaired) electrons. The van der Waals surface area contributed by atoms with E-state index >= 15 is 0 Å². The molecule has 12 heteroatoms. The van der Waals surface area contributed by atoms with Crippen LogP contribution in [-0.4, -0.2) is 43.8 Å². The van der Waals surface area contributed by atoms with Gasteiger partial charge < -0.3 is 15.4 Å². The number of anilines is 3. The van der Waals surface area contributed by atoms with Gasteiger partial charge in [0.1, 0.15) is 29.5 Å². The van der Waals surface area contributed by atoms with E-state index in [1.54, 1.807) is 47.4 Å². The van der Waals surface area contributed by atoms with Crippen molar-refractivity contribution in [2.45, 2.75) is 39.7 Å². The van der Waals surface area contributed by atoms with E-state index in [-0.39, 0.29) is 18.1 Å². The van der Waals surface area contributed by atoms with Crippen LogP contribution in [0.15, 0.2) is 79.1 Å². The molecule has 0 aliphatic heterocycles. The summed E-state index contributed by atoms with van der Waals surface area (Å²) in [5.74, 6) is 1.51. The molecule has 0 fully saturated rings. The molecular weight excluding hydrogens is 683 g/mol. The number of rotatable bonds is 7. The first-order valence-electron chi connectivity index (χ1n) is 14.8. The van der Waals surface area contributed by atoms with Crippen LogP contribution in [-0.2, 0) is 12.0 Å². The van der Waals surface area contributed by atoms with E-state index in [9.17, 15) is 9.59 Å². The van der Waals surface area contributed by atoms with Crippen molar-refractivity contribution < 1.29 is 15.7 Å². The van der Waals surface area contributed by atoms with E-state index in [1.165, 1.54) is 7.05 Å². The molecule has 0 saturated carbocycles. The van der Waals surface area contributed by atoms with Crippen LogP contribution in [0.25, 0.3) is 16.6 Å². The summed E-state index contributed by atoms with van der Waals surface area (Å²) in [5.41, 5.74) is 4.61. The van der Waals surface area contributed by atoms with Gasteiger partial charge in [0.05, 0.1) is 17.1 Å². The highest BCUT2D eigenvalue weighted by Gasteiger charge is 2.22. The summed E-state index contributed by atoms with van der Waals surface area (Å²) in [4.78, 5) is 34.0. The third-order valence-corrected chi connectivity index (χ3v) is 6.67. The maximum atomic E-state index is 13.3. The number of halogens is 1. The first-order valence-corrected chi connectivity index (χ1v) is 15.6. The van der Waals surface area contributed by atoms with Crippen molar-refractivity contribution in [1.29, 1.82) is 0 Å². The summed E-state index contributed by atoms with van der Waals surface area (Å²) in [7, 11) is 1.53. The van der Waals surface area contributed by atoms with Crippen molar-refractivity contribution in [1.82, 2.24) is 25.1 Å². The van der Waals surface area contributed by atoms with Crippen molar-refractivity contribution in [3.05, 3.63) is 95.9 Å². The first-order chi connectivity index (χ1) is 22.0. The number of hydrogen-bond donors (Lipinski definition) is 4. The Bertz CT molecular complexity index is 1810. The highest BCUT2D eigenvalue weighted by Crippen LogP contribution is 2.31. The molecule has 2 aromatic carbocycles. The normalized spacial score (nSPS) is 11.1. The number of carbonyl (C=O) groups excluding carboxylic acids is 2. The lowest BCUT2D eigenvalue weighted by Gasteiger charge is -2.14. The second kappa shape index (κ2) is 14.8. The zero-order valence-electron chi connectivity index (χ0n) is 26.8. The number of alkyl halides is 1. The van der Waals surface area contributed by atoms with Crippen LogP contribution >= 0.6 is 22.6 Å². The highest BCUT2D eigenvalue weighted by atomic mass is 127. The number of nitrogens with zero attached hydrogens (tertiary/aromatic N) is 4. The average molecular weight is 722 g/mol. The molecule has 5 aromatic rings. The summed E-state index contributed by atoms with van der Waals surface area (Å²) >= 11 is 1.96. The van der Waals surface area contributed by atoms with Gasteiger partial charge in [0.25, 0.3) is 0 Å². The van der Waals surface area contributed by atoms with E-state index in [0.717, 1.165) is 22.5 Å². The largest absolute Gasteiger partial charge is 0.487 e. The van der Waals surface area contributed by atoms with Gasteiger partial charge in [0.2, 0.25) is 0 Å². The monoisotopic (exact) mass is 721 g/mol. The Labute approximate surface area is 277 Å². The van der Waals surface area contributed by atoms with Crippen molar-refractivity contribution in [3.63, 3.8) is 0 Å². The van der Waals surface area contributed by atoms with Gasteiger partial charge in [-0.05, 0) is 65.9 Å². The number of pyridine rings is 2. The third kappa shape index (κ3) is 8.47. The minimum Gasteiger partial charge on any atom is -0.487 e. The molecule has 3 aromatic heterocycles. The molecule has 45 heavy (non-hydrogen) atoms. The fourth-order valence-electron chi connectivity index (χ4n) is 4.33. The van der Waals surface area contributed by atoms with Gasteiger partial charge >= 0.3 is 12.1 Å². The number of ether oxygens (including phenoxy) is 1. The molecule has 4 N–H and O–H groups in total. The standard InChI is InChI=1S/C32H34N8O3.CH3I/c1-20-8-10-22(11-9-20)40-28(18-26(39-40)32(2,3)4)38-31(42)36-24-12-13-25(29-23(24)7-6-15-35-29)43-19-21-14-16-34-27(17-21)37-30(41)33-5;1-2/h6-18H,19H2,1-5H3,(H2,36,38,42)(H2,33,34,37,41);1H3/i;1D. The number of hydrogen-bond acceptors (Lipinski definition) is 6. The smallest absolute Gasteiger partial charge is 0.324 e. The average Bonchev–Trinajstić information content (AvgIpc) is 3.46. The van der Waals surface area contributed by atoms with Crippen molar-refractivity contribution in [2.75, 3.05) is 27.9 Å². The number of carbonyl (C=O) groups is 2. The number of aryl methyl sites for hydroxylation is 1. The fourth-order valence-corrected chi connectivity index (χ4v) is 4.33. The summed E-state index contributed by atoms with van der Waals surface area (Å²) in [5, 5.41) is 16.6. The molecule has 0 unspecified atom stereocenters. The van der Waals surface area contributed by atoms with Crippen LogP contribution < -0.4 is 26.0 Å². The summed E-state index contributed by atoms with van der Waals surface area (Å²) < 4.78 is 14.0. The predicted octanol–water partition coefficient (Wildman–Crippen LogP) is 7.45. The quantitative estimate of drug-likeness (QED) is 0.102. The van der Waals surface area contributed by atoms with Gasteiger partial charge in [0.15, 0.2) is 0 Å². The summed E-state index contributed by atoms with van der Waals surface area (Å²) in [6, 6.07) is 19.8. The minimum absolute atomic E-state index is 0.209. The van der Waals surface area contributed by atoms with Crippen molar-refractivity contribution in [2.24, 2.45) is 0 Å². The van der Waals surface area contributed by atoms with Gasteiger partial charge in [0, 0.05) is 37.7 Å². The number of urea groups is 2. The van der Waals surface area contributed by atoms with Gasteiger partial charge in [-0.1, -0.05) is 61.1 Å². The van der Waals surface area contributed by atoms with Crippen LogP contribution in [0, 0.1) is 6.92 Å². The maximum absolute atomic E-state index is 13.3. The Morgan fingerprint density at radius 1 is 0.956 bits per heavy atom. The molecule has 0 spiro atoms. The molecule has 5 rings (SSSR count). The zero-order chi connectivity index (χ0) is 33.3.